The van der Waals surface area contributed by atoms with E-state index < -0.39 is 0 Å². The van der Waals surface area contributed by atoms with Crippen LogP contribution in [-0.2, 0) is 4.79 Å². The summed E-state index contributed by atoms with van der Waals surface area (Å²) in [6, 6.07) is 0. The van der Waals surface area contributed by atoms with E-state index in [-0.39, 0.29) is 0 Å². The highest BCUT2D eigenvalue weighted by atomic mass is 16.1. The molecule has 0 aromatic carbocycles. The summed E-state index contributed by atoms with van der Waals surface area (Å²) in [6.07, 6.45) is 13.0. The molecule has 94 valence electrons. The lowest BCUT2D eigenvalue weighted by Crippen LogP contribution is -2.10. The van der Waals surface area contributed by atoms with Gasteiger partial charge in [-0.15, -0.1) is 0 Å². The normalized spacial score (nSPS) is 25.2. The van der Waals surface area contributed by atoms with Crippen molar-refractivity contribution in [2.24, 2.45) is 11.8 Å². The van der Waals surface area contributed by atoms with Gasteiger partial charge in [0.25, 0.3) is 0 Å². The third-order valence-electron chi connectivity index (χ3n) is 4.15. The Bertz CT molecular complexity index is 198. The summed E-state index contributed by atoms with van der Waals surface area (Å²) >= 11 is 0. The van der Waals surface area contributed by atoms with Gasteiger partial charge in [-0.1, -0.05) is 58.8 Å². The average Bonchev–Trinajstić information content (AvgIpc) is 2.59. The van der Waals surface area contributed by atoms with Crippen molar-refractivity contribution in [2.75, 3.05) is 0 Å². The lowest BCUT2D eigenvalue weighted by molar-refractivity contribution is -0.120. The number of Topliss-reactive ketones (excluding diaryl/α,β-unsaturated/α-hetero) is 1. The maximum atomic E-state index is 11.4. The molecule has 1 heteroatoms. The van der Waals surface area contributed by atoms with Crippen LogP contribution in [0.15, 0.2) is 0 Å². The van der Waals surface area contributed by atoms with Gasteiger partial charge in [0.05, 0.1) is 0 Å². The highest BCUT2D eigenvalue weighted by Crippen LogP contribution is 2.32. The molecule has 0 heterocycles. The molecule has 1 nitrogen and oxygen atoms in total. The van der Waals surface area contributed by atoms with Gasteiger partial charge in [-0.25, -0.2) is 0 Å². The zero-order valence-corrected chi connectivity index (χ0v) is 11.1. The summed E-state index contributed by atoms with van der Waals surface area (Å²) in [6.45, 7) is 4.39. The van der Waals surface area contributed by atoms with E-state index >= 15 is 0 Å². The Kier molecular flexibility index (Phi) is 6.75. The minimum Gasteiger partial charge on any atom is -0.299 e. The standard InChI is InChI=1S/C15H28O/c1-3-4-5-6-7-8-9-10-14-11-12-15(16)13(14)2/h13-14H,3-12H2,1-2H3. The van der Waals surface area contributed by atoms with Crippen molar-refractivity contribution < 1.29 is 4.79 Å². The number of ketones is 1. The van der Waals surface area contributed by atoms with Gasteiger partial charge in [0, 0.05) is 12.3 Å². The topological polar surface area (TPSA) is 17.1 Å². The van der Waals surface area contributed by atoms with Crippen LogP contribution in [0.3, 0.4) is 0 Å². The van der Waals surface area contributed by atoms with E-state index in [2.05, 4.69) is 13.8 Å². The predicted molar refractivity (Wildman–Crippen MR) is 69.5 cm³/mol. The molecular weight excluding hydrogens is 196 g/mol. The molecule has 0 aromatic heterocycles. The van der Waals surface area contributed by atoms with E-state index in [1.54, 1.807) is 0 Å². The number of carbonyl (C=O) groups is 1. The Labute approximate surface area is 101 Å². The maximum absolute atomic E-state index is 11.4. The van der Waals surface area contributed by atoms with Crippen LogP contribution in [-0.4, -0.2) is 5.78 Å². The summed E-state index contributed by atoms with van der Waals surface area (Å²) in [5.41, 5.74) is 0. The van der Waals surface area contributed by atoms with Crippen LogP contribution in [0.25, 0.3) is 0 Å². The van der Waals surface area contributed by atoms with Gasteiger partial charge in [-0.05, 0) is 18.8 Å². The van der Waals surface area contributed by atoms with E-state index in [9.17, 15) is 4.79 Å². The Balaban J connectivity index is 1.93. The first kappa shape index (κ1) is 13.7. The van der Waals surface area contributed by atoms with Crippen LogP contribution in [0, 0.1) is 11.8 Å². The molecule has 0 amide bonds. The molecule has 0 bridgehead atoms. The quantitative estimate of drug-likeness (QED) is 0.544. The molecule has 1 rings (SSSR count). The second kappa shape index (κ2) is 7.86. The first-order valence-corrected chi connectivity index (χ1v) is 7.28. The molecule has 2 atom stereocenters. The van der Waals surface area contributed by atoms with Crippen molar-refractivity contribution >= 4 is 5.78 Å². The van der Waals surface area contributed by atoms with Crippen LogP contribution >= 0.6 is 0 Å². The van der Waals surface area contributed by atoms with E-state index in [0.717, 1.165) is 12.8 Å². The smallest absolute Gasteiger partial charge is 0.135 e. The fourth-order valence-corrected chi connectivity index (χ4v) is 2.83. The number of carbonyl (C=O) groups excluding carboxylic acids is 1. The minimum atomic E-state index is 0.361. The van der Waals surface area contributed by atoms with Crippen molar-refractivity contribution in [3.63, 3.8) is 0 Å². The average molecular weight is 224 g/mol. The Morgan fingerprint density at radius 1 is 1.06 bits per heavy atom. The molecule has 0 aliphatic heterocycles. The second-order valence-corrected chi connectivity index (χ2v) is 5.46. The van der Waals surface area contributed by atoms with Crippen molar-refractivity contribution in [3.8, 4) is 0 Å². The molecule has 0 N–H and O–H groups in total. The summed E-state index contributed by atoms with van der Waals surface area (Å²) in [4.78, 5) is 11.4. The predicted octanol–water partition coefficient (Wildman–Crippen LogP) is 4.74. The molecule has 0 aromatic rings. The Morgan fingerprint density at radius 3 is 2.25 bits per heavy atom. The van der Waals surface area contributed by atoms with Gasteiger partial charge in [0.2, 0.25) is 0 Å². The third kappa shape index (κ3) is 4.67. The molecule has 1 aliphatic carbocycles. The fraction of sp³-hybridized carbons (Fsp3) is 0.933. The highest BCUT2D eigenvalue weighted by Gasteiger charge is 2.29. The van der Waals surface area contributed by atoms with Crippen molar-refractivity contribution in [1.82, 2.24) is 0 Å². The maximum Gasteiger partial charge on any atom is 0.135 e. The molecule has 0 radical (unpaired) electrons. The first-order chi connectivity index (χ1) is 7.75. The Morgan fingerprint density at radius 2 is 1.69 bits per heavy atom. The molecule has 0 spiro atoms. The third-order valence-corrected chi connectivity index (χ3v) is 4.15. The zero-order valence-electron chi connectivity index (χ0n) is 11.1. The van der Waals surface area contributed by atoms with Gasteiger partial charge >= 0.3 is 0 Å². The lowest BCUT2D eigenvalue weighted by Gasteiger charge is -2.13. The molecule has 2 unspecified atom stereocenters. The van der Waals surface area contributed by atoms with E-state index in [1.165, 1.54) is 51.4 Å². The molecule has 16 heavy (non-hydrogen) atoms. The number of hydrogen-bond donors (Lipinski definition) is 0. The highest BCUT2D eigenvalue weighted by molar-refractivity contribution is 5.82. The van der Waals surface area contributed by atoms with Gasteiger partial charge < -0.3 is 0 Å². The van der Waals surface area contributed by atoms with E-state index in [1.807, 2.05) is 0 Å². The molecule has 0 saturated heterocycles. The van der Waals surface area contributed by atoms with Crippen LogP contribution in [0.2, 0.25) is 0 Å². The molecular formula is C15H28O. The van der Waals surface area contributed by atoms with Gasteiger partial charge in [-0.2, -0.15) is 0 Å². The van der Waals surface area contributed by atoms with Crippen molar-refractivity contribution in [3.05, 3.63) is 0 Å². The Hall–Kier alpha value is -0.330. The van der Waals surface area contributed by atoms with Crippen LogP contribution < -0.4 is 0 Å². The summed E-state index contributed by atoms with van der Waals surface area (Å²) in [5.74, 6) is 1.58. The fourth-order valence-electron chi connectivity index (χ4n) is 2.83. The summed E-state index contributed by atoms with van der Waals surface area (Å²) in [7, 11) is 0. The monoisotopic (exact) mass is 224 g/mol. The lowest BCUT2D eigenvalue weighted by atomic mass is 9.91. The molecule has 1 saturated carbocycles. The minimum absolute atomic E-state index is 0.361. The second-order valence-electron chi connectivity index (χ2n) is 5.46. The SMILES string of the molecule is CCCCCCCCCC1CCC(=O)C1C. The zero-order chi connectivity index (χ0) is 11.8. The number of rotatable bonds is 8. The first-order valence-electron chi connectivity index (χ1n) is 7.28. The molecule has 1 aliphatic rings. The van der Waals surface area contributed by atoms with Crippen molar-refractivity contribution in [1.29, 1.82) is 0 Å². The van der Waals surface area contributed by atoms with E-state index in [4.69, 9.17) is 0 Å². The van der Waals surface area contributed by atoms with Crippen LogP contribution in [0.5, 0.6) is 0 Å². The van der Waals surface area contributed by atoms with Gasteiger partial charge in [0.15, 0.2) is 0 Å². The number of unbranched alkanes of at least 4 members (excludes halogenated alkanes) is 6. The van der Waals surface area contributed by atoms with Crippen molar-refractivity contribution in [2.45, 2.75) is 78.1 Å². The van der Waals surface area contributed by atoms with E-state index in [0.29, 0.717) is 17.6 Å². The molecule has 1 fully saturated rings. The van der Waals surface area contributed by atoms with Gasteiger partial charge in [-0.3, -0.25) is 4.79 Å². The van der Waals surface area contributed by atoms with Crippen LogP contribution in [0.4, 0.5) is 0 Å². The largest absolute Gasteiger partial charge is 0.299 e. The van der Waals surface area contributed by atoms with Crippen LogP contribution in [0.1, 0.15) is 78.1 Å². The summed E-state index contributed by atoms with van der Waals surface area (Å²) in [5, 5.41) is 0. The number of hydrogen-bond acceptors (Lipinski definition) is 1. The van der Waals surface area contributed by atoms with Gasteiger partial charge in [0.1, 0.15) is 5.78 Å². The summed E-state index contributed by atoms with van der Waals surface area (Å²) < 4.78 is 0.